The summed E-state index contributed by atoms with van der Waals surface area (Å²) in [5.74, 6) is 0.734. The zero-order chi connectivity index (χ0) is 16.6. The van der Waals surface area contributed by atoms with Crippen LogP contribution in [0.4, 0.5) is 0 Å². The number of aromatic amines is 1. The molecule has 24 heavy (non-hydrogen) atoms. The van der Waals surface area contributed by atoms with Gasteiger partial charge in [0.2, 0.25) is 0 Å². The van der Waals surface area contributed by atoms with Crippen LogP contribution in [-0.4, -0.2) is 15.3 Å². The molecule has 2 aromatic rings. The molecule has 0 bridgehead atoms. The summed E-state index contributed by atoms with van der Waals surface area (Å²) in [6.45, 7) is 2.59. The van der Waals surface area contributed by atoms with E-state index in [9.17, 15) is 5.11 Å². The van der Waals surface area contributed by atoms with Gasteiger partial charge in [0.1, 0.15) is 0 Å². The number of benzene rings is 1. The molecule has 1 fully saturated rings. The average molecular weight is 322 g/mol. The Morgan fingerprint density at radius 1 is 1.25 bits per heavy atom. The molecule has 2 aliphatic carbocycles. The Labute approximate surface area is 143 Å². The maximum absolute atomic E-state index is 9.17. The van der Waals surface area contributed by atoms with Crippen LogP contribution < -0.4 is 0 Å². The van der Waals surface area contributed by atoms with E-state index in [1.54, 1.807) is 5.57 Å². The summed E-state index contributed by atoms with van der Waals surface area (Å²) in [4.78, 5) is 0. The van der Waals surface area contributed by atoms with Crippen LogP contribution in [0.1, 0.15) is 55.0 Å². The first kappa shape index (κ1) is 15.6. The molecule has 0 amide bonds. The third-order valence-electron chi connectivity index (χ3n) is 6.25. The predicted molar refractivity (Wildman–Crippen MR) is 96.4 cm³/mol. The predicted octanol–water partition coefficient (Wildman–Crippen LogP) is 4.28. The Balaban J connectivity index is 1.50. The quantitative estimate of drug-likeness (QED) is 0.882. The number of aliphatic hydroxyl groups is 1. The molecule has 0 radical (unpaired) electrons. The summed E-state index contributed by atoms with van der Waals surface area (Å²) < 4.78 is 0. The second-order valence-electron chi connectivity index (χ2n) is 7.68. The van der Waals surface area contributed by atoms with Gasteiger partial charge >= 0.3 is 0 Å². The Bertz CT molecular complexity index is 743. The number of rotatable bonds is 4. The molecule has 1 aromatic heterocycles. The zero-order valence-corrected chi connectivity index (χ0v) is 14.4. The van der Waals surface area contributed by atoms with Gasteiger partial charge < -0.3 is 5.11 Å². The van der Waals surface area contributed by atoms with Crippen molar-refractivity contribution in [3.05, 3.63) is 58.4 Å². The number of hydrogen-bond donors (Lipinski definition) is 2. The smallest absolute Gasteiger partial charge is 0.0681 e. The lowest BCUT2D eigenvalue weighted by Gasteiger charge is -2.46. The van der Waals surface area contributed by atoms with Crippen molar-refractivity contribution < 1.29 is 5.11 Å². The molecule has 0 unspecified atom stereocenters. The van der Waals surface area contributed by atoms with Gasteiger partial charge in [0.25, 0.3) is 0 Å². The third kappa shape index (κ3) is 2.71. The van der Waals surface area contributed by atoms with E-state index in [1.807, 2.05) is 18.3 Å². The van der Waals surface area contributed by atoms with E-state index in [-0.39, 0.29) is 6.61 Å². The summed E-state index contributed by atoms with van der Waals surface area (Å²) in [6, 6.07) is 8.42. The van der Waals surface area contributed by atoms with Crippen LogP contribution in [0, 0.1) is 11.3 Å². The van der Waals surface area contributed by atoms with Gasteiger partial charge in [0.15, 0.2) is 0 Å². The monoisotopic (exact) mass is 322 g/mol. The normalized spacial score (nSPS) is 25.8. The van der Waals surface area contributed by atoms with Gasteiger partial charge in [-0.15, -0.1) is 0 Å². The molecule has 0 aliphatic heterocycles. The molecule has 2 aliphatic rings. The number of nitrogens with zero attached hydrogens (tertiary/aromatic N) is 1. The number of aromatic nitrogens is 2. The van der Waals surface area contributed by atoms with Crippen molar-refractivity contribution in [1.29, 1.82) is 0 Å². The van der Waals surface area contributed by atoms with Crippen molar-refractivity contribution in [2.45, 2.75) is 52.1 Å². The molecule has 4 rings (SSSR count). The van der Waals surface area contributed by atoms with Crippen LogP contribution in [0.2, 0.25) is 0 Å². The first-order valence-corrected chi connectivity index (χ1v) is 9.11. The van der Waals surface area contributed by atoms with Crippen molar-refractivity contribution >= 4 is 6.08 Å². The van der Waals surface area contributed by atoms with Crippen LogP contribution in [0.5, 0.6) is 0 Å². The van der Waals surface area contributed by atoms with Crippen molar-refractivity contribution in [3.8, 4) is 0 Å². The molecular formula is C21H26N2O. The van der Waals surface area contributed by atoms with E-state index >= 15 is 0 Å². The number of allylic oxidation sites excluding steroid dienone is 1. The number of aryl methyl sites for hydroxylation is 1. The first-order chi connectivity index (χ1) is 11.7. The van der Waals surface area contributed by atoms with Gasteiger partial charge in [0.05, 0.1) is 18.5 Å². The van der Waals surface area contributed by atoms with Crippen molar-refractivity contribution in [1.82, 2.24) is 10.2 Å². The van der Waals surface area contributed by atoms with E-state index in [0.29, 0.717) is 5.41 Å². The lowest BCUT2D eigenvalue weighted by molar-refractivity contribution is 0.170. The minimum Gasteiger partial charge on any atom is -0.392 e. The number of H-pyrrole nitrogens is 1. The van der Waals surface area contributed by atoms with Crippen LogP contribution >= 0.6 is 0 Å². The molecule has 1 heterocycles. The average Bonchev–Trinajstić information content (AvgIpc) is 3.04. The fraction of sp³-hybridized carbons (Fsp3) is 0.476. The molecule has 0 spiro atoms. The van der Waals surface area contributed by atoms with Gasteiger partial charge in [0, 0.05) is 0 Å². The van der Waals surface area contributed by atoms with Crippen molar-refractivity contribution in [2.75, 3.05) is 0 Å². The van der Waals surface area contributed by atoms with Crippen LogP contribution in [0.15, 0.2) is 36.0 Å². The second-order valence-corrected chi connectivity index (χ2v) is 7.68. The highest BCUT2D eigenvalue weighted by atomic mass is 16.3. The van der Waals surface area contributed by atoms with Gasteiger partial charge in [-0.3, -0.25) is 5.10 Å². The summed E-state index contributed by atoms with van der Waals surface area (Å²) in [7, 11) is 0. The first-order valence-electron chi connectivity index (χ1n) is 9.11. The van der Waals surface area contributed by atoms with Gasteiger partial charge in [-0.1, -0.05) is 36.8 Å². The maximum atomic E-state index is 9.17. The molecule has 3 heteroatoms. The Morgan fingerprint density at radius 3 is 2.83 bits per heavy atom. The number of nitrogens with one attached hydrogen (secondary N) is 1. The Morgan fingerprint density at radius 2 is 2.04 bits per heavy atom. The highest BCUT2D eigenvalue weighted by Crippen LogP contribution is 2.51. The highest BCUT2D eigenvalue weighted by molar-refractivity contribution is 5.58. The van der Waals surface area contributed by atoms with Gasteiger partial charge in [-0.05, 0) is 72.6 Å². The maximum Gasteiger partial charge on any atom is 0.0681 e. The minimum atomic E-state index is 0.127. The number of aliphatic hydroxyl groups excluding tert-OH is 1. The zero-order valence-electron chi connectivity index (χ0n) is 14.4. The van der Waals surface area contributed by atoms with Crippen molar-refractivity contribution in [3.63, 3.8) is 0 Å². The topological polar surface area (TPSA) is 48.9 Å². The molecule has 126 valence electrons. The van der Waals surface area contributed by atoms with E-state index in [2.05, 4.69) is 35.3 Å². The van der Waals surface area contributed by atoms with E-state index < -0.39 is 0 Å². The van der Waals surface area contributed by atoms with Crippen LogP contribution in [0.3, 0.4) is 0 Å². The van der Waals surface area contributed by atoms with Gasteiger partial charge in [-0.25, -0.2) is 0 Å². The fourth-order valence-corrected chi connectivity index (χ4v) is 4.67. The van der Waals surface area contributed by atoms with E-state index in [4.69, 9.17) is 0 Å². The molecule has 2 atom stereocenters. The second kappa shape index (κ2) is 6.21. The minimum absolute atomic E-state index is 0.127. The Hall–Kier alpha value is -1.87. The molecule has 0 saturated heterocycles. The molecule has 1 aromatic carbocycles. The lowest BCUT2D eigenvalue weighted by atomic mass is 9.58. The molecule has 1 saturated carbocycles. The fourth-order valence-electron chi connectivity index (χ4n) is 4.67. The summed E-state index contributed by atoms with van der Waals surface area (Å²) in [6.07, 6.45) is 11.7. The van der Waals surface area contributed by atoms with Gasteiger partial charge in [-0.2, -0.15) is 5.10 Å². The highest BCUT2D eigenvalue weighted by Gasteiger charge is 2.42. The molecule has 3 nitrogen and oxygen atoms in total. The Kier molecular flexibility index (Phi) is 4.05. The van der Waals surface area contributed by atoms with Crippen LogP contribution in [-0.2, 0) is 19.4 Å². The molecular weight excluding hydrogens is 296 g/mol. The number of fused-ring (bicyclic) bond motifs is 2. The van der Waals surface area contributed by atoms with E-state index in [0.717, 1.165) is 24.3 Å². The largest absolute Gasteiger partial charge is 0.392 e. The van der Waals surface area contributed by atoms with Crippen LogP contribution in [0.25, 0.3) is 6.08 Å². The SMILES string of the molecule is C[C@]12Cc3cn[nH]c3C=C1CCC[C@@H]2CCc1ccc(CO)cc1. The number of hydrogen-bond acceptors (Lipinski definition) is 2. The third-order valence-corrected chi connectivity index (χ3v) is 6.25. The summed E-state index contributed by atoms with van der Waals surface area (Å²) in [5.41, 5.74) is 6.88. The standard InChI is InChI=1S/C21H26N2O/c1-21-12-17-13-22-23-20(17)11-19(21)4-2-3-18(21)10-9-15-5-7-16(14-24)8-6-15/h5-8,11,13,18,24H,2-4,9-10,12,14H2,1H3,(H,22,23)/t18-,21-/m1/s1. The molecule has 2 N–H and O–H groups in total. The summed E-state index contributed by atoms with van der Waals surface area (Å²) >= 11 is 0. The van der Waals surface area contributed by atoms with Crippen molar-refractivity contribution in [2.24, 2.45) is 11.3 Å². The summed E-state index contributed by atoms with van der Waals surface area (Å²) in [5, 5.41) is 16.6. The van der Waals surface area contributed by atoms with E-state index in [1.165, 1.54) is 42.5 Å². The lowest BCUT2D eigenvalue weighted by Crippen LogP contribution is -2.37.